The maximum atomic E-state index is 13.6. The molecule has 1 aromatic heterocycles. The molecule has 0 spiro atoms. The summed E-state index contributed by atoms with van der Waals surface area (Å²) in [6.45, 7) is 7.87. The number of benzene rings is 1. The molecule has 11 heteroatoms. The van der Waals surface area contributed by atoms with E-state index in [9.17, 15) is 24.3 Å². The third kappa shape index (κ3) is 8.38. The number of carbonyl (C=O) groups excluding carboxylic acids is 3. The van der Waals surface area contributed by atoms with Gasteiger partial charge in [-0.15, -0.1) is 0 Å². The van der Waals surface area contributed by atoms with Gasteiger partial charge in [-0.05, 0) is 57.6 Å². The second-order valence-electron chi connectivity index (χ2n) is 11.1. The Hall–Kier alpha value is -3.27. The Labute approximate surface area is 246 Å². The highest BCUT2D eigenvalue weighted by molar-refractivity contribution is 6.31. The van der Waals surface area contributed by atoms with Gasteiger partial charge in [0.15, 0.2) is 0 Å². The number of carboxylic acids is 1. The summed E-state index contributed by atoms with van der Waals surface area (Å²) in [5, 5.41) is 19.2. The molecule has 1 saturated heterocycles. The van der Waals surface area contributed by atoms with Crippen LogP contribution in [0.1, 0.15) is 84.6 Å². The quantitative estimate of drug-likeness (QED) is 0.229. The lowest BCUT2D eigenvalue weighted by Gasteiger charge is -2.39. The minimum atomic E-state index is -1.14. The highest BCUT2D eigenvalue weighted by Crippen LogP contribution is 2.27. The van der Waals surface area contributed by atoms with Gasteiger partial charge >= 0.3 is 12.0 Å². The predicted molar refractivity (Wildman–Crippen MR) is 160 cm³/mol. The number of fused-ring (bicyclic) bond motifs is 1. The number of aliphatic carboxylic acids is 1. The molecule has 4 amide bonds. The van der Waals surface area contributed by atoms with Crippen molar-refractivity contribution >= 4 is 46.3 Å². The van der Waals surface area contributed by atoms with Crippen molar-refractivity contribution in [3.05, 3.63) is 35.0 Å². The van der Waals surface area contributed by atoms with Crippen LogP contribution in [0.5, 0.6) is 0 Å². The summed E-state index contributed by atoms with van der Waals surface area (Å²) in [5.41, 5.74) is 1.42. The van der Waals surface area contributed by atoms with E-state index >= 15 is 0 Å². The summed E-state index contributed by atoms with van der Waals surface area (Å²) < 4.78 is 0. The van der Waals surface area contributed by atoms with Crippen LogP contribution in [0.3, 0.4) is 0 Å². The number of para-hydroxylation sites is 1. The van der Waals surface area contributed by atoms with Crippen molar-refractivity contribution in [3.63, 3.8) is 0 Å². The van der Waals surface area contributed by atoms with E-state index in [0.717, 1.165) is 36.6 Å². The smallest absolute Gasteiger partial charge is 0.326 e. The number of halogens is 1. The number of amides is 4. The van der Waals surface area contributed by atoms with Crippen LogP contribution in [0, 0.1) is 0 Å². The van der Waals surface area contributed by atoms with Crippen LogP contribution in [0.15, 0.2) is 24.3 Å². The molecule has 3 rings (SSSR count). The third-order valence-electron chi connectivity index (χ3n) is 7.88. The molecule has 5 N–H and O–H groups in total. The minimum absolute atomic E-state index is 0.0352. The molecule has 1 aromatic carbocycles. The van der Waals surface area contributed by atoms with Gasteiger partial charge in [0.1, 0.15) is 23.3 Å². The molecule has 0 saturated carbocycles. The van der Waals surface area contributed by atoms with Crippen LogP contribution in [0.25, 0.3) is 10.9 Å². The van der Waals surface area contributed by atoms with Crippen LogP contribution in [0.4, 0.5) is 4.79 Å². The zero-order valence-electron chi connectivity index (χ0n) is 24.5. The molecule has 5 atom stereocenters. The van der Waals surface area contributed by atoms with Gasteiger partial charge in [-0.2, -0.15) is 0 Å². The highest BCUT2D eigenvalue weighted by atomic mass is 35.5. The Morgan fingerprint density at radius 3 is 2.22 bits per heavy atom. The topological polar surface area (TPSA) is 144 Å². The summed E-state index contributed by atoms with van der Waals surface area (Å²) in [5.74, 6) is -2.26. The lowest BCUT2D eigenvalue weighted by atomic mass is 9.98. The molecule has 2 aromatic rings. The SMILES string of the molecule is CCCCC(NC(=O)[C@@H](Cc1c(Cl)[nH]c2ccccc12)NC(=O)C(CCC)NC(=O)N1[C@H](C)CCC[C@@H]1C)C(=O)O. The fourth-order valence-corrected chi connectivity index (χ4v) is 5.87. The van der Waals surface area contributed by atoms with Gasteiger partial charge < -0.3 is 30.9 Å². The summed E-state index contributed by atoms with van der Waals surface area (Å²) in [7, 11) is 0. The Morgan fingerprint density at radius 1 is 0.951 bits per heavy atom. The molecular formula is C30H44ClN5O5. The lowest BCUT2D eigenvalue weighted by Crippen LogP contribution is -2.59. The number of nitrogens with one attached hydrogen (secondary N) is 4. The first-order chi connectivity index (χ1) is 19.6. The third-order valence-corrected chi connectivity index (χ3v) is 8.21. The predicted octanol–water partition coefficient (Wildman–Crippen LogP) is 4.75. The van der Waals surface area contributed by atoms with E-state index in [2.05, 4.69) is 20.9 Å². The number of aromatic amines is 1. The summed E-state index contributed by atoms with van der Waals surface area (Å²) in [4.78, 5) is 57.2. The van der Waals surface area contributed by atoms with E-state index < -0.39 is 35.9 Å². The molecule has 2 unspecified atom stereocenters. The van der Waals surface area contributed by atoms with Crippen molar-refractivity contribution in [2.45, 2.75) is 116 Å². The van der Waals surface area contributed by atoms with Crippen molar-refractivity contribution in [1.29, 1.82) is 0 Å². The van der Waals surface area contributed by atoms with E-state index in [0.29, 0.717) is 30.0 Å². The molecule has 0 aliphatic carbocycles. The van der Waals surface area contributed by atoms with E-state index in [1.807, 2.05) is 52.0 Å². The molecule has 1 aliphatic rings. The summed E-state index contributed by atoms with van der Waals surface area (Å²) in [6.07, 6.45) is 5.57. The Balaban J connectivity index is 1.85. The van der Waals surface area contributed by atoms with Gasteiger partial charge in [-0.1, -0.05) is 62.9 Å². The standard InChI is InChI=1S/C30H44ClN5O5/c1-5-7-15-24(29(39)40)33-28(38)25(17-21-20-14-8-9-16-22(20)32-26(21)31)34-27(37)23(11-6-2)35-30(41)36-18(3)12-10-13-19(36)4/h8-9,14,16,18-19,23-25,32H,5-7,10-13,15,17H2,1-4H3,(H,33,38)(H,34,37)(H,35,41)(H,39,40)/t18-,19+,23?,24?,25-/m1/s1. The second-order valence-corrected chi connectivity index (χ2v) is 11.5. The van der Waals surface area contributed by atoms with Gasteiger partial charge in [0.25, 0.3) is 0 Å². The molecule has 10 nitrogen and oxygen atoms in total. The maximum Gasteiger partial charge on any atom is 0.326 e. The minimum Gasteiger partial charge on any atom is -0.480 e. The Kier molecular flexibility index (Phi) is 11.9. The van der Waals surface area contributed by atoms with E-state index in [1.165, 1.54) is 0 Å². The number of piperidine rings is 1. The van der Waals surface area contributed by atoms with Gasteiger partial charge in [0.2, 0.25) is 11.8 Å². The second kappa shape index (κ2) is 15.1. The molecule has 226 valence electrons. The highest BCUT2D eigenvalue weighted by Gasteiger charge is 2.34. The first kappa shape index (κ1) is 32.2. The van der Waals surface area contributed by atoms with Crippen LogP contribution in [0.2, 0.25) is 5.15 Å². The number of nitrogens with zero attached hydrogens (tertiary/aromatic N) is 1. The van der Waals surface area contributed by atoms with Crippen molar-refractivity contribution in [2.75, 3.05) is 0 Å². The number of urea groups is 1. The van der Waals surface area contributed by atoms with Crippen LogP contribution >= 0.6 is 11.6 Å². The fourth-order valence-electron chi connectivity index (χ4n) is 5.59. The average molecular weight is 590 g/mol. The van der Waals surface area contributed by atoms with Crippen molar-refractivity contribution in [3.8, 4) is 0 Å². The average Bonchev–Trinajstić information content (AvgIpc) is 3.24. The van der Waals surface area contributed by atoms with E-state index in [1.54, 1.807) is 4.90 Å². The van der Waals surface area contributed by atoms with Crippen LogP contribution in [-0.2, 0) is 20.8 Å². The number of aromatic nitrogens is 1. The molecule has 1 fully saturated rings. The number of carboxylic acid groups (broad SMARTS) is 1. The molecule has 41 heavy (non-hydrogen) atoms. The van der Waals surface area contributed by atoms with Crippen LogP contribution in [-0.4, -0.2) is 69.0 Å². The number of hydrogen-bond acceptors (Lipinski definition) is 4. The number of H-pyrrole nitrogens is 1. The monoisotopic (exact) mass is 589 g/mol. The van der Waals surface area contributed by atoms with Crippen molar-refractivity contribution in [1.82, 2.24) is 25.8 Å². The van der Waals surface area contributed by atoms with Crippen molar-refractivity contribution < 1.29 is 24.3 Å². The molecule has 0 radical (unpaired) electrons. The summed E-state index contributed by atoms with van der Waals surface area (Å²) in [6, 6.07) is 4.18. The summed E-state index contributed by atoms with van der Waals surface area (Å²) >= 11 is 6.52. The first-order valence-electron chi connectivity index (χ1n) is 14.7. The van der Waals surface area contributed by atoms with Gasteiger partial charge in [0, 0.05) is 29.4 Å². The zero-order chi connectivity index (χ0) is 30.1. The lowest BCUT2D eigenvalue weighted by molar-refractivity contribution is -0.142. The fraction of sp³-hybridized carbons (Fsp3) is 0.600. The molecule has 1 aliphatic heterocycles. The van der Waals surface area contributed by atoms with Gasteiger partial charge in [-0.25, -0.2) is 9.59 Å². The van der Waals surface area contributed by atoms with E-state index in [4.69, 9.17) is 11.6 Å². The van der Waals surface area contributed by atoms with Crippen LogP contribution < -0.4 is 16.0 Å². The zero-order valence-corrected chi connectivity index (χ0v) is 25.2. The van der Waals surface area contributed by atoms with Crippen molar-refractivity contribution in [2.24, 2.45) is 0 Å². The molecular weight excluding hydrogens is 546 g/mol. The van der Waals surface area contributed by atoms with E-state index in [-0.39, 0.29) is 31.0 Å². The Morgan fingerprint density at radius 2 is 1.59 bits per heavy atom. The number of likely N-dealkylation sites (tertiary alicyclic amines) is 1. The number of carbonyl (C=O) groups is 4. The van der Waals surface area contributed by atoms with Gasteiger partial charge in [-0.3, -0.25) is 9.59 Å². The molecule has 0 bridgehead atoms. The van der Waals surface area contributed by atoms with Gasteiger partial charge in [0.05, 0.1) is 0 Å². The number of unbranched alkanes of at least 4 members (excludes halogenated alkanes) is 1. The Bertz CT molecular complexity index is 1210. The molecule has 2 heterocycles. The first-order valence-corrected chi connectivity index (χ1v) is 15.1. The number of rotatable bonds is 13. The normalized spacial score (nSPS) is 19.3. The largest absolute Gasteiger partial charge is 0.480 e. The maximum absolute atomic E-state index is 13.6. The number of hydrogen-bond donors (Lipinski definition) is 5.